The molecule has 7 rings (SSSR count). The van der Waals surface area contributed by atoms with E-state index in [1.54, 1.807) is 42.5 Å². The molecular formula is C37H30N2O4. The molecule has 0 saturated carbocycles. The smallest absolute Gasteiger partial charge is 0.238 e. The van der Waals surface area contributed by atoms with Gasteiger partial charge in [-0.15, -0.1) is 0 Å². The van der Waals surface area contributed by atoms with Crippen molar-refractivity contribution in [2.24, 2.45) is 5.92 Å². The molecule has 3 heterocycles. The Hall–Kier alpha value is -5.23. The van der Waals surface area contributed by atoms with Crippen LogP contribution in [0.4, 0.5) is 5.69 Å². The van der Waals surface area contributed by atoms with Crippen LogP contribution in [0.2, 0.25) is 0 Å². The van der Waals surface area contributed by atoms with E-state index in [0.29, 0.717) is 22.6 Å². The van der Waals surface area contributed by atoms with Crippen LogP contribution in [0.25, 0.3) is 6.08 Å². The van der Waals surface area contributed by atoms with Gasteiger partial charge in [-0.25, -0.2) is 0 Å². The van der Waals surface area contributed by atoms with Gasteiger partial charge in [-0.2, -0.15) is 0 Å². The highest BCUT2D eigenvalue weighted by molar-refractivity contribution is 6.16. The molecule has 0 bridgehead atoms. The van der Waals surface area contributed by atoms with Gasteiger partial charge in [0.1, 0.15) is 23.8 Å². The molecule has 4 aromatic carbocycles. The third kappa shape index (κ3) is 3.97. The van der Waals surface area contributed by atoms with Gasteiger partial charge in [-0.3, -0.25) is 14.4 Å². The topological polar surface area (TPSA) is 75.7 Å². The molecule has 4 aromatic rings. The van der Waals surface area contributed by atoms with Crippen molar-refractivity contribution >= 4 is 29.2 Å². The Kier molecular flexibility index (Phi) is 6.35. The van der Waals surface area contributed by atoms with Crippen LogP contribution >= 0.6 is 0 Å². The lowest BCUT2D eigenvalue weighted by Crippen LogP contribution is -2.49. The highest BCUT2D eigenvalue weighted by atomic mass is 16.5. The Morgan fingerprint density at radius 2 is 1.70 bits per heavy atom. The number of hydrogen-bond acceptors (Lipinski definition) is 5. The molecule has 3 aliphatic rings. The average molecular weight is 567 g/mol. The Morgan fingerprint density at radius 3 is 2.51 bits per heavy atom. The maximum atomic E-state index is 15.0. The van der Waals surface area contributed by atoms with Crippen LogP contribution < -0.4 is 10.1 Å². The summed E-state index contributed by atoms with van der Waals surface area (Å²) in [7, 11) is 0. The van der Waals surface area contributed by atoms with Gasteiger partial charge in [0.05, 0.1) is 12.0 Å². The number of para-hydroxylation sites is 1. The maximum Gasteiger partial charge on any atom is 0.238 e. The second-order valence-corrected chi connectivity index (χ2v) is 11.3. The second-order valence-electron chi connectivity index (χ2n) is 11.3. The Labute approximate surface area is 250 Å². The molecule has 1 saturated heterocycles. The molecule has 6 nitrogen and oxygen atoms in total. The van der Waals surface area contributed by atoms with Crippen LogP contribution in [0.1, 0.15) is 49.0 Å². The molecule has 0 aliphatic carbocycles. The fraction of sp³-hybridized carbons (Fsp3) is 0.162. The minimum absolute atomic E-state index is 0.208. The number of carbonyl (C=O) groups is 3. The first kappa shape index (κ1) is 26.7. The average Bonchev–Trinajstić information content (AvgIpc) is 3.52. The lowest BCUT2D eigenvalue weighted by Gasteiger charge is -2.38. The zero-order valence-electron chi connectivity index (χ0n) is 23.7. The summed E-state index contributed by atoms with van der Waals surface area (Å²) in [5.74, 6) is -1.31. The number of ether oxygens (including phenoxy) is 1. The van der Waals surface area contributed by atoms with E-state index < -0.39 is 23.4 Å². The van der Waals surface area contributed by atoms with Gasteiger partial charge >= 0.3 is 0 Å². The van der Waals surface area contributed by atoms with Crippen LogP contribution in [0.3, 0.4) is 0 Å². The van der Waals surface area contributed by atoms with Gasteiger partial charge in [0, 0.05) is 23.0 Å². The van der Waals surface area contributed by atoms with Crippen molar-refractivity contribution in [1.29, 1.82) is 0 Å². The number of rotatable bonds is 7. The summed E-state index contributed by atoms with van der Waals surface area (Å²) in [4.78, 5) is 46.1. The molecule has 0 unspecified atom stereocenters. The molecule has 0 radical (unpaired) electrons. The normalized spacial score (nSPS) is 22.9. The van der Waals surface area contributed by atoms with Gasteiger partial charge in [0.2, 0.25) is 5.91 Å². The van der Waals surface area contributed by atoms with E-state index in [4.69, 9.17) is 4.74 Å². The number of Topliss-reactive ketones (excluding diaryl/α,β-unsaturated/α-hetero) is 2. The second kappa shape index (κ2) is 10.2. The number of hydrogen-bond donors (Lipinski definition) is 1. The Morgan fingerprint density at radius 1 is 0.930 bits per heavy atom. The van der Waals surface area contributed by atoms with Crippen molar-refractivity contribution in [2.45, 2.75) is 24.4 Å². The van der Waals surface area contributed by atoms with Crippen molar-refractivity contribution in [3.05, 3.63) is 149 Å². The van der Waals surface area contributed by atoms with Crippen LogP contribution in [-0.4, -0.2) is 35.0 Å². The number of aryl methyl sites for hydroxylation is 1. The monoisotopic (exact) mass is 566 g/mol. The molecule has 1 amide bonds. The molecule has 3 aliphatic heterocycles. The summed E-state index contributed by atoms with van der Waals surface area (Å²) in [5.41, 5.74) is 3.75. The minimum atomic E-state index is -1.38. The van der Waals surface area contributed by atoms with E-state index in [1.165, 1.54) is 0 Å². The zero-order valence-corrected chi connectivity index (χ0v) is 23.7. The van der Waals surface area contributed by atoms with E-state index >= 15 is 0 Å². The third-order valence-electron chi connectivity index (χ3n) is 8.94. The molecule has 1 N–H and O–H groups in total. The van der Waals surface area contributed by atoms with E-state index in [9.17, 15) is 14.4 Å². The largest absolute Gasteiger partial charge is 0.490 e. The molecule has 1 spiro atoms. The summed E-state index contributed by atoms with van der Waals surface area (Å²) in [6, 6.07) is 28.2. The number of carbonyl (C=O) groups excluding carboxylic acids is 3. The van der Waals surface area contributed by atoms with Gasteiger partial charge in [0.15, 0.2) is 11.6 Å². The van der Waals surface area contributed by atoms with Gasteiger partial charge in [-0.05, 0) is 47.9 Å². The fourth-order valence-corrected chi connectivity index (χ4v) is 7.13. The summed E-state index contributed by atoms with van der Waals surface area (Å²) < 4.78 is 5.76. The van der Waals surface area contributed by atoms with Gasteiger partial charge in [0.25, 0.3) is 0 Å². The summed E-state index contributed by atoms with van der Waals surface area (Å²) in [5, 5.41) is 3.09. The number of anilines is 1. The third-order valence-corrected chi connectivity index (χ3v) is 8.94. The fourth-order valence-electron chi connectivity index (χ4n) is 7.13. The number of nitrogens with zero attached hydrogens (tertiary/aromatic N) is 1. The lowest BCUT2D eigenvalue weighted by atomic mass is 9.62. The predicted octanol–water partition coefficient (Wildman–Crippen LogP) is 6.54. The molecular weight excluding hydrogens is 536 g/mol. The minimum Gasteiger partial charge on any atom is -0.490 e. The van der Waals surface area contributed by atoms with E-state index in [-0.39, 0.29) is 24.1 Å². The Bertz CT molecular complexity index is 1820. The van der Waals surface area contributed by atoms with Crippen LogP contribution in [0, 0.1) is 12.8 Å². The first-order valence-electron chi connectivity index (χ1n) is 14.4. The van der Waals surface area contributed by atoms with Crippen molar-refractivity contribution < 1.29 is 19.1 Å². The number of fused-ring (bicyclic) bond motifs is 6. The van der Waals surface area contributed by atoms with Crippen LogP contribution in [0.15, 0.2) is 116 Å². The SMILES string of the molecule is C=CCOc1cccc(C(=O)[C@H]2[C@@H](C(=O)c3ccc(C)cc3)N3C=Cc4ccccc4[C@@H]3[C@@]23C(=O)Nc2ccccc23)c1. The number of ketones is 2. The molecule has 43 heavy (non-hydrogen) atoms. The number of nitrogens with one attached hydrogen (secondary N) is 1. The first-order chi connectivity index (χ1) is 20.9. The number of amides is 1. The summed E-state index contributed by atoms with van der Waals surface area (Å²) >= 11 is 0. The van der Waals surface area contributed by atoms with Gasteiger partial charge < -0.3 is 15.0 Å². The Balaban J connectivity index is 1.50. The highest BCUT2D eigenvalue weighted by Gasteiger charge is 2.70. The van der Waals surface area contributed by atoms with Crippen molar-refractivity contribution in [1.82, 2.24) is 4.90 Å². The predicted molar refractivity (Wildman–Crippen MR) is 166 cm³/mol. The van der Waals surface area contributed by atoms with E-state index in [2.05, 4.69) is 11.9 Å². The highest BCUT2D eigenvalue weighted by Crippen LogP contribution is 2.62. The molecule has 0 aromatic heterocycles. The zero-order chi connectivity index (χ0) is 29.7. The van der Waals surface area contributed by atoms with Crippen LogP contribution in [-0.2, 0) is 10.2 Å². The quantitative estimate of drug-likeness (QED) is 0.203. The van der Waals surface area contributed by atoms with Crippen molar-refractivity contribution in [3.8, 4) is 5.75 Å². The van der Waals surface area contributed by atoms with E-state index in [0.717, 1.165) is 22.3 Å². The number of benzene rings is 4. The first-order valence-corrected chi connectivity index (χ1v) is 14.4. The maximum absolute atomic E-state index is 15.0. The van der Waals surface area contributed by atoms with Gasteiger partial charge in [-0.1, -0.05) is 97.1 Å². The van der Waals surface area contributed by atoms with E-state index in [1.807, 2.05) is 84.8 Å². The van der Waals surface area contributed by atoms with Crippen LogP contribution in [0.5, 0.6) is 5.75 Å². The summed E-state index contributed by atoms with van der Waals surface area (Å²) in [6.07, 6.45) is 5.49. The molecule has 4 atom stereocenters. The molecule has 1 fully saturated rings. The molecule has 6 heteroatoms. The summed E-state index contributed by atoms with van der Waals surface area (Å²) in [6.45, 7) is 5.96. The van der Waals surface area contributed by atoms with Crippen molar-refractivity contribution in [2.75, 3.05) is 11.9 Å². The standard InChI is InChI=1S/C37H30N2O4/c1-3-21-43-27-11-8-10-26(22-27)33(40)31-32(34(41)25-17-15-23(2)16-18-25)39-20-19-24-9-4-5-12-28(24)35(39)37(31)29-13-6-7-14-30(29)38-36(37)42/h3-20,22,31-32,35H,1,21H2,2H3,(H,38,42)/t31-,32+,35-,37+/m1/s1. The molecule has 212 valence electrons. The lowest BCUT2D eigenvalue weighted by molar-refractivity contribution is -0.122. The van der Waals surface area contributed by atoms with Crippen molar-refractivity contribution in [3.63, 3.8) is 0 Å².